The molecular weight excluding hydrogens is 989 g/mol. The van der Waals surface area contributed by atoms with Gasteiger partial charge in [-0.2, -0.15) is 0 Å². The molecule has 21 nitrogen and oxygen atoms in total. The van der Waals surface area contributed by atoms with E-state index in [1.54, 1.807) is 41.6 Å². The van der Waals surface area contributed by atoms with Crippen LogP contribution < -0.4 is 30.7 Å². The summed E-state index contributed by atoms with van der Waals surface area (Å²) in [6.45, 7) is 8.71. The number of H-pyrrole nitrogens is 1. The van der Waals surface area contributed by atoms with Crippen molar-refractivity contribution >= 4 is 47.0 Å². The second kappa shape index (κ2) is 24.4. The number of rotatable bonds is 21. The first-order valence-electron chi connectivity index (χ1n) is 26.3. The van der Waals surface area contributed by atoms with E-state index in [1.165, 1.54) is 4.90 Å². The minimum atomic E-state index is -0.745. The summed E-state index contributed by atoms with van der Waals surface area (Å²) < 4.78 is 29.2. The molecule has 5 aromatic rings. The number of unbranched alkanes of at least 4 members (excludes halogenated alkanes) is 2. The molecule has 2 fully saturated rings. The molecule has 77 heavy (non-hydrogen) atoms. The van der Waals surface area contributed by atoms with Gasteiger partial charge in [0.2, 0.25) is 17.7 Å². The van der Waals surface area contributed by atoms with Gasteiger partial charge >= 0.3 is 6.09 Å². The van der Waals surface area contributed by atoms with Crippen molar-refractivity contribution in [3.05, 3.63) is 113 Å². The minimum Gasteiger partial charge on any atom is -0.494 e. The van der Waals surface area contributed by atoms with Crippen molar-refractivity contribution in [1.29, 1.82) is 0 Å². The number of nitrogens with one attached hydrogen (secondary N) is 5. The lowest BCUT2D eigenvalue weighted by atomic mass is 9.86. The third kappa shape index (κ3) is 13.6. The molecule has 5 N–H and O–H groups in total. The summed E-state index contributed by atoms with van der Waals surface area (Å²) >= 11 is 0. The van der Waals surface area contributed by atoms with E-state index in [4.69, 9.17) is 23.7 Å². The molecule has 2 unspecified atom stereocenters. The second-order valence-electron chi connectivity index (χ2n) is 20.6. The number of pyridine rings is 1. The van der Waals surface area contributed by atoms with Gasteiger partial charge in [-0.15, -0.1) is 10.2 Å². The van der Waals surface area contributed by atoms with Gasteiger partial charge < -0.3 is 54.4 Å². The van der Waals surface area contributed by atoms with Gasteiger partial charge in [-0.25, -0.2) is 4.79 Å². The smallest absolute Gasteiger partial charge is 0.410 e. The maximum Gasteiger partial charge on any atom is 0.410 e. The number of imide groups is 1. The van der Waals surface area contributed by atoms with Crippen LogP contribution in [0.15, 0.2) is 85.2 Å². The summed E-state index contributed by atoms with van der Waals surface area (Å²) in [6, 6.07) is 20.8. The summed E-state index contributed by atoms with van der Waals surface area (Å²) in [5, 5.41) is 21.1. The molecule has 4 aliphatic heterocycles. The molecule has 6 heterocycles. The van der Waals surface area contributed by atoms with Crippen LogP contribution in [0.2, 0.25) is 0 Å². The average molecular weight is 1060 g/mol. The molecule has 2 saturated heterocycles. The number of fused-ring (bicyclic) bond motifs is 2. The van der Waals surface area contributed by atoms with Crippen LogP contribution >= 0.6 is 0 Å². The number of aromatic nitrogens is 4. The van der Waals surface area contributed by atoms with E-state index in [0.717, 1.165) is 30.4 Å². The summed E-state index contributed by atoms with van der Waals surface area (Å²) in [7, 11) is 0. The summed E-state index contributed by atoms with van der Waals surface area (Å²) in [6.07, 6.45) is 8.20. The number of ether oxygens (including phenoxy) is 5. The van der Waals surface area contributed by atoms with Crippen LogP contribution in [-0.2, 0) is 40.7 Å². The van der Waals surface area contributed by atoms with Crippen molar-refractivity contribution < 1.29 is 52.5 Å². The van der Waals surface area contributed by atoms with E-state index in [1.807, 2.05) is 69.3 Å². The van der Waals surface area contributed by atoms with Gasteiger partial charge in [-0.05, 0) is 126 Å². The predicted octanol–water partition coefficient (Wildman–Crippen LogP) is 6.83. The number of hydrogen-bond donors (Lipinski definition) is 5. The third-order valence-corrected chi connectivity index (χ3v) is 13.9. The minimum absolute atomic E-state index is 0.154. The Morgan fingerprint density at radius 3 is 2.44 bits per heavy atom. The fourth-order valence-electron chi connectivity index (χ4n) is 9.90. The summed E-state index contributed by atoms with van der Waals surface area (Å²) in [4.78, 5) is 87.6. The van der Waals surface area contributed by atoms with Crippen LogP contribution in [0.25, 0.3) is 11.4 Å². The lowest BCUT2D eigenvalue weighted by molar-refractivity contribution is -0.137. The first-order chi connectivity index (χ1) is 37.2. The molecule has 406 valence electrons. The largest absolute Gasteiger partial charge is 0.494 e. The van der Waals surface area contributed by atoms with Crippen molar-refractivity contribution in [2.75, 3.05) is 63.4 Å². The molecule has 21 heteroatoms. The van der Waals surface area contributed by atoms with Crippen molar-refractivity contribution in [2.24, 2.45) is 0 Å². The lowest BCUT2D eigenvalue weighted by Crippen LogP contribution is -2.52. The number of carbonyl (C=O) groups excluding carboxylic acids is 6. The lowest BCUT2D eigenvalue weighted by Gasteiger charge is -2.41. The highest BCUT2D eigenvalue weighted by molar-refractivity contribution is 6.07. The number of carbonyl (C=O) groups is 6. The van der Waals surface area contributed by atoms with Gasteiger partial charge in [-0.3, -0.25) is 34.3 Å². The molecule has 4 aliphatic rings. The molecule has 2 atom stereocenters. The zero-order valence-electron chi connectivity index (χ0n) is 43.7. The number of nitrogens with zero attached hydrogens (tertiary/aromatic N) is 5. The molecule has 3 aromatic carbocycles. The number of hydrogen-bond acceptors (Lipinski definition) is 15. The fraction of sp³-hybridized carbons (Fsp3) is 0.446. The number of amides is 6. The highest BCUT2D eigenvalue weighted by Crippen LogP contribution is 2.38. The van der Waals surface area contributed by atoms with E-state index in [2.05, 4.69) is 41.4 Å². The van der Waals surface area contributed by atoms with Gasteiger partial charge in [0.05, 0.1) is 19.3 Å². The first-order valence-corrected chi connectivity index (χ1v) is 26.3. The van der Waals surface area contributed by atoms with Crippen LogP contribution in [-0.4, -0.2) is 130 Å². The Morgan fingerprint density at radius 1 is 0.857 bits per heavy atom. The highest BCUT2D eigenvalue weighted by atomic mass is 16.6. The number of benzene rings is 3. The average Bonchev–Trinajstić information content (AvgIpc) is 4.05. The normalized spacial score (nSPS) is 17.9. The van der Waals surface area contributed by atoms with Gasteiger partial charge in [0.1, 0.15) is 35.3 Å². The predicted molar refractivity (Wildman–Crippen MR) is 282 cm³/mol. The standard InChI is InChI=1S/C56H66N10O11/c1-55(2,3)77-54(72)65-25-21-56(22-26-65,53-61-49(63-64-53)36-18-23-57-24-19-36)62-38-11-7-10-37(32-38)50(69)59-44-20-31-76-46-16-14-39(33-41(44)46)75-30-6-4-5-27-73-28-9-29-74-35-48(68)58-43-13-8-12-40-42(43)34-66(52(40)71)45-15-17-47(67)60-51(45)70/h7-8,10-14,16,18-19,23-24,32-33,44-45,62H,4-6,9,15,17,20-22,25-31,34-35H2,1-3H3,(H,58,68)(H,59,69)(H,60,67,70)(H,61,63,64). The molecule has 0 bridgehead atoms. The molecule has 0 saturated carbocycles. The quantitative estimate of drug-likeness (QED) is 0.0373. The Morgan fingerprint density at radius 2 is 1.64 bits per heavy atom. The molecule has 0 radical (unpaired) electrons. The van der Waals surface area contributed by atoms with Crippen LogP contribution in [0.4, 0.5) is 16.2 Å². The maximum atomic E-state index is 14.0. The van der Waals surface area contributed by atoms with Crippen LogP contribution in [0.5, 0.6) is 11.5 Å². The van der Waals surface area contributed by atoms with Crippen molar-refractivity contribution in [3.63, 3.8) is 0 Å². The van der Waals surface area contributed by atoms with Gasteiger partial charge in [0.15, 0.2) is 11.6 Å². The number of aromatic amines is 1. The highest BCUT2D eigenvalue weighted by Gasteiger charge is 2.43. The topological polar surface area (TPSA) is 258 Å². The number of piperidine rings is 2. The zero-order valence-corrected chi connectivity index (χ0v) is 43.7. The SMILES string of the molecule is CC(C)(C)OC(=O)N1CCC(Nc2cccc(C(=O)NC3CCOc4ccc(OCCCCCOCCCOCC(=O)Nc5cccc6c5CN(C5CCC(=O)NC5=O)C6=O)cc43)c2)(c2nnc(-c3ccncc3)[nH]2)CC1. The Bertz CT molecular complexity index is 2940. The van der Waals surface area contributed by atoms with Crippen molar-refractivity contribution in [3.8, 4) is 22.9 Å². The van der Waals surface area contributed by atoms with Gasteiger partial charge in [-0.1, -0.05) is 12.1 Å². The maximum absolute atomic E-state index is 14.0. The Balaban J connectivity index is 0.690. The van der Waals surface area contributed by atoms with Gasteiger partial charge in [0, 0.05) is 104 Å². The van der Waals surface area contributed by atoms with Gasteiger partial charge in [0.25, 0.3) is 11.8 Å². The van der Waals surface area contributed by atoms with E-state index in [9.17, 15) is 28.8 Å². The summed E-state index contributed by atoms with van der Waals surface area (Å²) in [5.74, 6) is 0.845. The zero-order chi connectivity index (χ0) is 53.9. The van der Waals surface area contributed by atoms with Crippen molar-refractivity contribution in [2.45, 2.75) is 108 Å². The Labute approximate surface area is 446 Å². The molecule has 6 amide bonds. The molecule has 0 spiro atoms. The number of anilines is 2. The Kier molecular flexibility index (Phi) is 17.1. The van der Waals surface area contributed by atoms with E-state index in [-0.39, 0.29) is 61.8 Å². The van der Waals surface area contributed by atoms with Crippen LogP contribution in [0, 0.1) is 0 Å². The second-order valence-corrected chi connectivity index (χ2v) is 20.6. The number of likely N-dealkylation sites (tertiary alicyclic amines) is 1. The first kappa shape index (κ1) is 53.9. The summed E-state index contributed by atoms with van der Waals surface area (Å²) in [5.41, 5.74) is 3.02. The fourth-order valence-corrected chi connectivity index (χ4v) is 9.90. The Hall–Kier alpha value is -7.91. The molecule has 2 aromatic heterocycles. The molecule has 9 rings (SSSR count). The monoisotopic (exact) mass is 1050 g/mol. The molecular formula is C56H66N10O11. The van der Waals surface area contributed by atoms with E-state index >= 15 is 0 Å². The van der Waals surface area contributed by atoms with Crippen LogP contribution in [0.1, 0.15) is 122 Å². The van der Waals surface area contributed by atoms with E-state index < -0.39 is 23.1 Å². The molecule has 0 aliphatic carbocycles. The van der Waals surface area contributed by atoms with E-state index in [0.29, 0.717) is 123 Å². The van der Waals surface area contributed by atoms with Crippen LogP contribution in [0.3, 0.4) is 0 Å². The van der Waals surface area contributed by atoms with Crippen molar-refractivity contribution in [1.82, 2.24) is 40.6 Å². The third-order valence-electron chi connectivity index (χ3n) is 13.9.